The number of hydrogen-bond donors (Lipinski definition) is 0. The summed E-state index contributed by atoms with van der Waals surface area (Å²) >= 11 is 5.96. The lowest BCUT2D eigenvalue weighted by Gasteiger charge is -2.44. The van der Waals surface area contributed by atoms with Crippen LogP contribution in [-0.2, 0) is 17.6 Å². The Morgan fingerprint density at radius 3 is 2.57 bits per heavy atom. The first-order valence-electron chi connectivity index (χ1n) is 7.13. The summed E-state index contributed by atoms with van der Waals surface area (Å²) in [6, 6.07) is 18.0. The first-order chi connectivity index (χ1) is 10.1. The van der Waals surface area contributed by atoms with E-state index in [9.17, 15) is 4.79 Å². The molecule has 0 aromatic heterocycles. The average molecular weight is 300 g/mol. The molecule has 21 heavy (non-hydrogen) atoms. The van der Waals surface area contributed by atoms with Gasteiger partial charge in [0.05, 0.1) is 0 Å². The lowest BCUT2D eigenvalue weighted by Crippen LogP contribution is -2.53. The van der Waals surface area contributed by atoms with Gasteiger partial charge in [-0.25, -0.2) is 0 Å². The Morgan fingerprint density at radius 1 is 1.19 bits per heavy atom. The van der Waals surface area contributed by atoms with Crippen LogP contribution in [0.25, 0.3) is 0 Å². The quantitative estimate of drug-likeness (QED) is 0.478. The number of hydrogen-bond acceptors (Lipinski definition) is 1. The van der Waals surface area contributed by atoms with E-state index in [1.807, 2.05) is 42.5 Å². The highest BCUT2D eigenvalue weighted by molar-refractivity contribution is 6.65. The molecule has 0 N–H and O–H groups in total. The van der Waals surface area contributed by atoms with Gasteiger partial charge in [-0.05, 0) is 28.8 Å². The minimum atomic E-state index is -0.294. The van der Waals surface area contributed by atoms with Crippen LogP contribution in [-0.4, -0.2) is 18.3 Å². The van der Waals surface area contributed by atoms with Crippen molar-refractivity contribution in [2.75, 3.05) is 7.05 Å². The Morgan fingerprint density at radius 2 is 1.86 bits per heavy atom. The molecule has 108 valence electrons. The standard InChI is InChI=1S/C18H18ClNO/c1-20(12-11-15-9-5-6-10-16(15)20)17(18(19)21)13-14-7-3-2-4-8-14/h2-10,12,17H,11,13H2,1H3. The second-order valence-electron chi connectivity index (χ2n) is 5.67. The summed E-state index contributed by atoms with van der Waals surface area (Å²) < 4.78 is 0.480. The van der Waals surface area contributed by atoms with Gasteiger partial charge >= 0.3 is 0 Å². The molecule has 0 saturated carbocycles. The smallest absolute Gasteiger partial charge is 0.277 e. The molecule has 3 heteroatoms. The van der Waals surface area contributed by atoms with Gasteiger partial charge in [-0.15, -0.1) is 6.54 Å². The van der Waals surface area contributed by atoms with Crippen molar-refractivity contribution >= 4 is 22.5 Å². The van der Waals surface area contributed by atoms with Gasteiger partial charge in [0, 0.05) is 13.5 Å². The number of benzene rings is 2. The topological polar surface area (TPSA) is 17.1 Å². The highest BCUT2D eigenvalue weighted by Crippen LogP contribution is 2.39. The van der Waals surface area contributed by atoms with E-state index >= 15 is 0 Å². The number of nitrogens with zero attached hydrogens (tertiary/aromatic N) is 1. The maximum Gasteiger partial charge on any atom is 0.277 e. The van der Waals surface area contributed by atoms with Gasteiger partial charge in [-0.2, -0.15) is 0 Å². The van der Waals surface area contributed by atoms with Crippen molar-refractivity contribution in [3.63, 3.8) is 0 Å². The number of fused-ring (bicyclic) bond motifs is 1. The monoisotopic (exact) mass is 299 g/mol. The van der Waals surface area contributed by atoms with Crippen molar-refractivity contribution in [1.82, 2.24) is 4.48 Å². The fourth-order valence-electron chi connectivity index (χ4n) is 3.15. The molecule has 0 amide bonds. The molecule has 0 saturated heterocycles. The molecule has 0 radical (unpaired) electrons. The fraction of sp³-hybridized carbons (Fsp3) is 0.222. The van der Waals surface area contributed by atoms with E-state index in [1.54, 1.807) is 0 Å². The number of quaternary nitrogens is 1. The van der Waals surface area contributed by atoms with Gasteiger partial charge in [-0.3, -0.25) is 4.79 Å². The molecule has 0 aliphatic carbocycles. The largest absolute Gasteiger partial charge is 0.414 e. The summed E-state index contributed by atoms with van der Waals surface area (Å²) in [6.45, 7) is 2.18. The van der Waals surface area contributed by atoms with Crippen molar-refractivity contribution < 1.29 is 4.79 Å². The normalized spacial score (nSPS) is 21.8. The summed E-state index contributed by atoms with van der Waals surface area (Å²) in [5.41, 5.74) is 3.58. The number of para-hydroxylation sites is 1. The molecular weight excluding hydrogens is 282 g/mol. The van der Waals surface area contributed by atoms with Gasteiger partial charge in [0.25, 0.3) is 5.24 Å². The second kappa shape index (κ2) is 5.63. The second-order valence-corrected chi connectivity index (χ2v) is 6.04. The van der Waals surface area contributed by atoms with Crippen LogP contribution in [0.3, 0.4) is 0 Å². The lowest BCUT2D eigenvalue weighted by atomic mass is 10.0. The molecule has 0 fully saturated rings. The Labute approximate surface area is 130 Å². The van der Waals surface area contributed by atoms with Crippen molar-refractivity contribution in [3.8, 4) is 0 Å². The summed E-state index contributed by atoms with van der Waals surface area (Å²) in [6.07, 6.45) is 1.52. The summed E-state index contributed by atoms with van der Waals surface area (Å²) in [5, 5.41) is -0.283. The average Bonchev–Trinajstić information content (AvgIpc) is 2.84. The van der Waals surface area contributed by atoms with Gasteiger partial charge in [-0.1, -0.05) is 55.0 Å². The lowest BCUT2D eigenvalue weighted by molar-refractivity contribution is -0.115. The Hall–Kier alpha value is -1.64. The fourth-order valence-corrected chi connectivity index (χ4v) is 3.43. The van der Waals surface area contributed by atoms with Crippen molar-refractivity contribution in [3.05, 3.63) is 72.3 Å². The Bertz CT molecular complexity index is 655. The molecule has 0 bridgehead atoms. The van der Waals surface area contributed by atoms with Crippen molar-refractivity contribution in [2.24, 2.45) is 0 Å². The first-order valence-corrected chi connectivity index (χ1v) is 7.51. The highest BCUT2D eigenvalue weighted by Gasteiger charge is 2.37. The van der Waals surface area contributed by atoms with Crippen LogP contribution in [0.1, 0.15) is 11.1 Å². The molecule has 2 aromatic carbocycles. The van der Waals surface area contributed by atoms with Crippen LogP contribution in [0, 0.1) is 6.54 Å². The maximum atomic E-state index is 12.1. The van der Waals surface area contributed by atoms with E-state index in [0.717, 1.165) is 12.0 Å². The zero-order valence-corrected chi connectivity index (χ0v) is 12.8. The minimum absolute atomic E-state index is 0.283. The summed E-state index contributed by atoms with van der Waals surface area (Å²) in [4.78, 5) is 12.1. The number of carbonyl (C=O) groups excluding carboxylic acids is 1. The van der Waals surface area contributed by atoms with Gasteiger partial charge in [0.1, 0.15) is 11.7 Å². The van der Waals surface area contributed by atoms with Crippen LogP contribution >= 0.6 is 11.6 Å². The molecular formula is C18H18ClNO. The molecule has 2 unspecified atom stereocenters. The molecule has 1 heterocycles. The van der Waals surface area contributed by atoms with Gasteiger partial charge < -0.3 is 4.48 Å². The third-order valence-corrected chi connectivity index (χ3v) is 4.63. The van der Waals surface area contributed by atoms with E-state index in [1.165, 1.54) is 11.3 Å². The number of halogens is 1. The van der Waals surface area contributed by atoms with Crippen molar-refractivity contribution in [2.45, 2.75) is 18.9 Å². The van der Waals surface area contributed by atoms with Crippen LogP contribution in [0.4, 0.5) is 5.69 Å². The molecule has 1 aliphatic heterocycles. The van der Waals surface area contributed by atoms with E-state index in [-0.39, 0.29) is 11.3 Å². The Kier molecular flexibility index (Phi) is 3.83. The molecule has 1 aliphatic rings. The highest BCUT2D eigenvalue weighted by atomic mass is 35.5. The summed E-state index contributed by atoms with van der Waals surface area (Å²) in [7, 11) is 2.07. The SMILES string of the molecule is C[N+]1(C(Cc2ccccc2)C(=O)Cl)[CH-]Cc2ccccc21. The van der Waals surface area contributed by atoms with E-state index in [2.05, 4.69) is 25.7 Å². The predicted octanol–water partition coefficient (Wildman–Crippen LogP) is 3.72. The Balaban J connectivity index is 1.97. The molecule has 2 nitrogen and oxygen atoms in total. The van der Waals surface area contributed by atoms with Crippen LogP contribution < -0.4 is 4.48 Å². The zero-order valence-electron chi connectivity index (χ0n) is 12.0. The maximum absolute atomic E-state index is 12.1. The summed E-state index contributed by atoms with van der Waals surface area (Å²) in [5.74, 6) is 0. The van der Waals surface area contributed by atoms with Crippen LogP contribution in [0.15, 0.2) is 54.6 Å². The third kappa shape index (κ3) is 2.61. The third-order valence-electron chi connectivity index (χ3n) is 4.38. The van der Waals surface area contributed by atoms with Gasteiger partial charge in [0.15, 0.2) is 0 Å². The number of likely N-dealkylation sites (N-methyl/N-ethyl adjacent to an activating group) is 1. The van der Waals surface area contributed by atoms with Crippen molar-refractivity contribution in [1.29, 1.82) is 0 Å². The van der Waals surface area contributed by atoms with E-state index < -0.39 is 0 Å². The zero-order chi connectivity index (χ0) is 14.9. The minimum Gasteiger partial charge on any atom is -0.414 e. The predicted molar refractivity (Wildman–Crippen MR) is 87.0 cm³/mol. The van der Waals surface area contributed by atoms with E-state index in [0.29, 0.717) is 10.9 Å². The molecule has 2 atom stereocenters. The molecule has 3 rings (SSSR count). The van der Waals surface area contributed by atoms with Gasteiger partial charge in [0.2, 0.25) is 0 Å². The molecule has 0 spiro atoms. The first kappa shape index (κ1) is 14.3. The number of carbonyl (C=O) groups is 1. The van der Waals surface area contributed by atoms with Crippen LogP contribution in [0.5, 0.6) is 0 Å². The van der Waals surface area contributed by atoms with Crippen LogP contribution in [0.2, 0.25) is 0 Å². The molecule has 2 aromatic rings. The van der Waals surface area contributed by atoms with E-state index in [4.69, 9.17) is 11.6 Å². The number of rotatable bonds is 4.